The van der Waals surface area contributed by atoms with Gasteiger partial charge in [0, 0.05) is 13.2 Å². The highest BCUT2D eigenvalue weighted by Crippen LogP contribution is 2.27. The second-order valence-corrected chi connectivity index (χ2v) is 3.29. The fraction of sp³-hybridized carbons (Fsp3) is 0.500. The van der Waals surface area contributed by atoms with Gasteiger partial charge in [-0.3, -0.25) is 4.79 Å². The van der Waals surface area contributed by atoms with Gasteiger partial charge in [0.2, 0.25) is 0 Å². The van der Waals surface area contributed by atoms with E-state index in [2.05, 4.69) is 0 Å². The number of carbonyl (C=O) groups excluding carboxylic acids is 1. The maximum absolute atomic E-state index is 10.4. The maximum Gasteiger partial charge on any atom is 0.185 e. The van der Waals surface area contributed by atoms with Crippen LogP contribution in [0.15, 0.2) is 16.7 Å². The fourth-order valence-corrected chi connectivity index (χ4v) is 1.68. The Hall–Kier alpha value is -1.09. The highest BCUT2D eigenvalue weighted by atomic mass is 16.5. The molecule has 0 unspecified atom stereocenters. The van der Waals surface area contributed by atoms with Gasteiger partial charge in [-0.2, -0.15) is 0 Å². The predicted molar refractivity (Wildman–Crippen MR) is 46.9 cm³/mol. The number of carbonyl (C=O) groups is 1. The molecule has 0 aliphatic carbocycles. The Balaban J connectivity index is 2.09. The van der Waals surface area contributed by atoms with Crippen molar-refractivity contribution in [1.82, 2.24) is 0 Å². The topological polar surface area (TPSA) is 39.4 Å². The summed E-state index contributed by atoms with van der Waals surface area (Å²) in [6.45, 7) is 1.62. The summed E-state index contributed by atoms with van der Waals surface area (Å²) in [6, 6.07) is 1.82. The van der Waals surface area contributed by atoms with Crippen molar-refractivity contribution in [1.29, 1.82) is 0 Å². The highest BCUT2D eigenvalue weighted by molar-refractivity contribution is 5.70. The van der Waals surface area contributed by atoms with Crippen LogP contribution >= 0.6 is 0 Å². The lowest BCUT2D eigenvalue weighted by Gasteiger charge is -2.20. The molecule has 0 radical (unpaired) electrons. The molecule has 1 aromatic rings. The lowest BCUT2D eigenvalue weighted by atomic mass is 9.94. The van der Waals surface area contributed by atoms with Gasteiger partial charge in [0.05, 0.1) is 6.26 Å². The molecule has 3 heteroatoms. The molecule has 3 nitrogen and oxygen atoms in total. The number of hydrogen-bond acceptors (Lipinski definition) is 3. The minimum Gasteiger partial charge on any atom is -0.461 e. The van der Waals surface area contributed by atoms with E-state index in [-0.39, 0.29) is 0 Å². The normalized spacial score (nSPS) is 18.8. The summed E-state index contributed by atoms with van der Waals surface area (Å²) in [6.07, 6.45) is 4.47. The van der Waals surface area contributed by atoms with E-state index in [0.717, 1.165) is 37.9 Å². The lowest BCUT2D eigenvalue weighted by molar-refractivity contribution is 0.0852. The molecule has 0 amide bonds. The van der Waals surface area contributed by atoms with E-state index in [0.29, 0.717) is 11.7 Å². The third kappa shape index (κ3) is 1.80. The van der Waals surface area contributed by atoms with Crippen molar-refractivity contribution < 1.29 is 13.9 Å². The molecule has 70 valence electrons. The maximum atomic E-state index is 10.4. The zero-order valence-corrected chi connectivity index (χ0v) is 7.36. The third-order valence-corrected chi connectivity index (χ3v) is 2.45. The first-order valence-electron chi connectivity index (χ1n) is 4.51. The quantitative estimate of drug-likeness (QED) is 0.653. The van der Waals surface area contributed by atoms with Crippen LogP contribution < -0.4 is 0 Å². The second-order valence-electron chi connectivity index (χ2n) is 3.29. The van der Waals surface area contributed by atoms with E-state index >= 15 is 0 Å². The Bertz CT molecular complexity index is 284. The molecule has 2 heterocycles. The monoisotopic (exact) mass is 180 g/mol. The molecule has 1 aliphatic heterocycles. The van der Waals surface area contributed by atoms with E-state index in [9.17, 15) is 4.79 Å². The summed E-state index contributed by atoms with van der Waals surface area (Å²) < 4.78 is 10.3. The van der Waals surface area contributed by atoms with E-state index in [1.165, 1.54) is 0 Å². The summed E-state index contributed by atoms with van der Waals surface area (Å²) in [4.78, 5) is 10.4. The van der Waals surface area contributed by atoms with Crippen LogP contribution in [0, 0.1) is 0 Å². The van der Waals surface area contributed by atoms with Crippen LogP contribution in [0.4, 0.5) is 0 Å². The Labute approximate surface area is 76.7 Å². The summed E-state index contributed by atoms with van der Waals surface area (Å²) in [5.41, 5.74) is 1.13. The molecule has 0 atom stereocenters. The van der Waals surface area contributed by atoms with Crippen LogP contribution in [0.1, 0.15) is 34.9 Å². The minimum atomic E-state index is 0.418. The predicted octanol–water partition coefficient (Wildman–Crippen LogP) is 1.99. The fourth-order valence-electron chi connectivity index (χ4n) is 1.68. The standard InChI is InChI=1S/C10H12O3/c11-6-10-5-9(7-13-10)8-1-3-12-4-2-8/h5-8H,1-4H2. The summed E-state index contributed by atoms with van der Waals surface area (Å²) >= 11 is 0. The van der Waals surface area contributed by atoms with Crippen molar-refractivity contribution in [2.45, 2.75) is 18.8 Å². The molecule has 0 bridgehead atoms. The van der Waals surface area contributed by atoms with Crippen LogP contribution in [0.5, 0.6) is 0 Å². The molecule has 13 heavy (non-hydrogen) atoms. The molecule has 0 aromatic carbocycles. The SMILES string of the molecule is O=Cc1cc(C2CCOCC2)co1. The Kier molecular flexibility index (Phi) is 2.45. The molecule has 1 aromatic heterocycles. The molecule has 1 aliphatic rings. The van der Waals surface area contributed by atoms with E-state index in [4.69, 9.17) is 9.15 Å². The highest BCUT2D eigenvalue weighted by Gasteiger charge is 2.17. The van der Waals surface area contributed by atoms with Crippen molar-refractivity contribution in [3.63, 3.8) is 0 Å². The van der Waals surface area contributed by atoms with Gasteiger partial charge in [-0.1, -0.05) is 0 Å². The average molecular weight is 180 g/mol. The van der Waals surface area contributed by atoms with Crippen LogP contribution in [0.3, 0.4) is 0 Å². The summed E-state index contributed by atoms with van der Waals surface area (Å²) in [7, 11) is 0. The van der Waals surface area contributed by atoms with Gasteiger partial charge in [-0.25, -0.2) is 0 Å². The van der Waals surface area contributed by atoms with Gasteiger partial charge in [-0.15, -0.1) is 0 Å². The van der Waals surface area contributed by atoms with E-state index in [1.54, 1.807) is 6.26 Å². The van der Waals surface area contributed by atoms with Crippen molar-refractivity contribution >= 4 is 6.29 Å². The van der Waals surface area contributed by atoms with Gasteiger partial charge in [0.1, 0.15) is 0 Å². The first-order chi connectivity index (χ1) is 6.40. The van der Waals surface area contributed by atoms with Gasteiger partial charge >= 0.3 is 0 Å². The number of furan rings is 1. The minimum absolute atomic E-state index is 0.418. The molecule has 0 spiro atoms. The van der Waals surface area contributed by atoms with Gasteiger partial charge in [-0.05, 0) is 30.4 Å². The average Bonchev–Trinajstić information content (AvgIpc) is 2.67. The van der Waals surface area contributed by atoms with Crippen molar-refractivity contribution in [2.75, 3.05) is 13.2 Å². The van der Waals surface area contributed by atoms with Gasteiger partial charge < -0.3 is 9.15 Å². The second kappa shape index (κ2) is 3.75. The van der Waals surface area contributed by atoms with Gasteiger partial charge in [0.15, 0.2) is 12.0 Å². The van der Waals surface area contributed by atoms with Gasteiger partial charge in [0.25, 0.3) is 0 Å². The smallest absolute Gasteiger partial charge is 0.185 e. The van der Waals surface area contributed by atoms with Crippen molar-refractivity contribution in [3.05, 3.63) is 23.7 Å². The third-order valence-electron chi connectivity index (χ3n) is 2.45. The van der Waals surface area contributed by atoms with Crippen LogP contribution in [0.25, 0.3) is 0 Å². The van der Waals surface area contributed by atoms with Crippen LogP contribution in [0.2, 0.25) is 0 Å². The zero-order valence-electron chi connectivity index (χ0n) is 7.36. The first-order valence-corrected chi connectivity index (χ1v) is 4.51. The largest absolute Gasteiger partial charge is 0.461 e. The first kappa shape index (κ1) is 8.51. The van der Waals surface area contributed by atoms with E-state index < -0.39 is 0 Å². The molecular weight excluding hydrogens is 168 g/mol. The molecule has 2 rings (SSSR count). The van der Waals surface area contributed by atoms with E-state index in [1.807, 2.05) is 6.07 Å². The van der Waals surface area contributed by atoms with Crippen molar-refractivity contribution in [2.24, 2.45) is 0 Å². The number of rotatable bonds is 2. The zero-order chi connectivity index (χ0) is 9.10. The summed E-state index contributed by atoms with van der Waals surface area (Å²) in [5.74, 6) is 0.924. The molecule has 1 saturated heterocycles. The number of ether oxygens (including phenoxy) is 1. The summed E-state index contributed by atoms with van der Waals surface area (Å²) in [5, 5.41) is 0. The van der Waals surface area contributed by atoms with Crippen LogP contribution in [-0.2, 0) is 4.74 Å². The Morgan fingerprint density at radius 2 is 2.15 bits per heavy atom. The Morgan fingerprint density at radius 1 is 1.38 bits per heavy atom. The van der Waals surface area contributed by atoms with Crippen molar-refractivity contribution in [3.8, 4) is 0 Å². The number of hydrogen-bond donors (Lipinski definition) is 0. The van der Waals surface area contributed by atoms with Crippen LogP contribution in [-0.4, -0.2) is 19.5 Å². The molecule has 0 saturated carbocycles. The Morgan fingerprint density at radius 3 is 2.77 bits per heavy atom. The molecule has 1 fully saturated rings. The number of aldehydes is 1. The molecular formula is C10H12O3. The lowest BCUT2D eigenvalue weighted by Crippen LogP contribution is -2.13. The molecule has 0 N–H and O–H groups in total.